The average molecular weight is 270 g/mol. The van der Waals surface area contributed by atoms with Crippen molar-refractivity contribution in [3.05, 3.63) is 0 Å². The van der Waals surface area contributed by atoms with E-state index in [0.29, 0.717) is 19.3 Å². The third-order valence-corrected chi connectivity index (χ3v) is 3.93. The first-order valence-electron chi connectivity index (χ1n) is 5.63. The summed E-state index contributed by atoms with van der Waals surface area (Å²) in [7, 11) is -0.149. The van der Waals surface area contributed by atoms with Crippen LogP contribution in [0.2, 0.25) is 0 Å². The average Bonchev–Trinajstić information content (AvgIpc) is 2.12. The number of rotatable bonds is 4. The first kappa shape index (κ1) is 14.8. The lowest BCUT2D eigenvalue weighted by Gasteiger charge is -2.41. The van der Waals surface area contributed by atoms with E-state index >= 15 is 0 Å². The molecule has 1 saturated carbocycles. The van der Waals surface area contributed by atoms with Gasteiger partial charge in [0.1, 0.15) is 0 Å². The molecule has 0 spiro atoms. The topological polar surface area (TPSA) is 49.4 Å². The van der Waals surface area contributed by atoms with Crippen LogP contribution in [0.1, 0.15) is 19.3 Å². The van der Waals surface area contributed by atoms with E-state index in [2.05, 4.69) is 4.72 Å². The molecule has 0 amide bonds. The van der Waals surface area contributed by atoms with Gasteiger partial charge in [-0.2, -0.15) is 0 Å². The molecule has 2 unspecified atom stereocenters. The summed E-state index contributed by atoms with van der Waals surface area (Å²) in [5, 5.41) is 0. The van der Waals surface area contributed by atoms with Crippen LogP contribution in [0.25, 0.3) is 0 Å². The number of alkyl halides is 2. The van der Waals surface area contributed by atoms with Crippen molar-refractivity contribution in [2.24, 2.45) is 5.92 Å². The van der Waals surface area contributed by atoms with Gasteiger partial charge in [-0.3, -0.25) is 0 Å². The summed E-state index contributed by atoms with van der Waals surface area (Å²) in [5.41, 5.74) is 0. The lowest BCUT2D eigenvalue weighted by atomic mass is 9.81. The number of nitrogens with one attached hydrogen (secondary N) is 1. The predicted molar refractivity (Wildman–Crippen MR) is 62.6 cm³/mol. The monoisotopic (exact) mass is 270 g/mol. The fourth-order valence-electron chi connectivity index (χ4n) is 2.31. The maximum atomic E-state index is 14.1. The Balaban J connectivity index is 2.72. The van der Waals surface area contributed by atoms with Crippen LogP contribution in [-0.2, 0) is 10.0 Å². The van der Waals surface area contributed by atoms with Crippen molar-refractivity contribution in [2.75, 3.05) is 26.9 Å². The molecule has 17 heavy (non-hydrogen) atoms. The minimum atomic E-state index is -3.41. The minimum absolute atomic E-state index is 0.184. The zero-order valence-corrected chi connectivity index (χ0v) is 11.2. The van der Waals surface area contributed by atoms with Gasteiger partial charge in [-0.25, -0.2) is 21.9 Å². The van der Waals surface area contributed by atoms with Crippen molar-refractivity contribution in [3.63, 3.8) is 0 Å². The molecular formula is C10H20F2N2O2S. The Morgan fingerprint density at radius 1 is 1.35 bits per heavy atom. The Kier molecular flexibility index (Phi) is 4.49. The molecule has 1 aliphatic rings. The van der Waals surface area contributed by atoms with Gasteiger partial charge in [-0.15, -0.1) is 0 Å². The highest BCUT2D eigenvalue weighted by Gasteiger charge is 2.50. The second-order valence-electron chi connectivity index (χ2n) is 4.90. The van der Waals surface area contributed by atoms with Gasteiger partial charge in [0.05, 0.1) is 12.3 Å². The molecule has 0 aromatic carbocycles. The van der Waals surface area contributed by atoms with E-state index in [1.165, 1.54) is 4.90 Å². The van der Waals surface area contributed by atoms with E-state index in [1.807, 2.05) is 0 Å². The second kappa shape index (κ2) is 5.16. The molecule has 0 saturated heterocycles. The highest BCUT2D eigenvalue weighted by atomic mass is 32.2. The van der Waals surface area contributed by atoms with E-state index in [9.17, 15) is 17.2 Å². The Morgan fingerprint density at radius 3 is 2.41 bits per heavy atom. The Bertz CT molecular complexity index is 357. The number of hydrogen-bond acceptors (Lipinski definition) is 3. The van der Waals surface area contributed by atoms with E-state index < -0.39 is 27.9 Å². The first-order chi connectivity index (χ1) is 7.64. The largest absolute Gasteiger partial charge is 0.301 e. The van der Waals surface area contributed by atoms with Gasteiger partial charge in [-0.1, -0.05) is 6.42 Å². The SMILES string of the molecule is CN(C)C1CCCC(CNS(C)(=O)=O)C1(F)F. The number of hydrogen-bond donors (Lipinski definition) is 1. The molecule has 1 aliphatic carbocycles. The van der Waals surface area contributed by atoms with Crippen LogP contribution >= 0.6 is 0 Å². The van der Waals surface area contributed by atoms with Gasteiger partial charge < -0.3 is 4.90 Å². The fraction of sp³-hybridized carbons (Fsp3) is 1.00. The van der Waals surface area contributed by atoms with E-state index in [-0.39, 0.29) is 6.54 Å². The van der Waals surface area contributed by atoms with E-state index in [4.69, 9.17) is 0 Å². The summed E-state index contributed by atoms with van der Waals surface area (Å²) >= 11 is 0. The summed E-state index contributed by atoms with van der Waals surface area (Å²) < 4.78 is 52.2. The van der Waals surface area contributed by atoms with E-state index in [1.54, 1.807) is 14.1 Å². The van der Waals surface area contributed by atoms with Crippen LogP contribution < -0.4 is 4.72 Å². The van der Waals surface area contributed by atoms with Gasteiger partial charge in [0, 0.05) is 12.5 Å². The second-order valence-corrected chi connectivity index (χ2v) is 6.74. The molecule has 1 fully saturated rings. The Labute approximate surface area is 101 Å². The van der Waals surface area contributed by atoms with Crippen molar-refractivity contribution < 1.29 is 17.2 Å². The molecule has 0 aliphatic heterocycles. The van der Waals surface area contributed by atoms with Crippen LogP contribution in [0.4, 0.5) is 8.78 Å². The third kappa shape index (κ3) is 3.86. The molecule has 7 heteroatoms. The predicted octanol–water partition coefficient (Wildman–Crippen LogP) is 0.901. The Morgan fingerprint density at radius 2 is 1.94 bits per heavy atom. The highest BCUT2D eigenvalue weighted by molar-refractivity contribution is 7.88. The van der Waals surface area contributed by atoms with Gasteiger partial charge in [0.2, 0.25) is 10.0 Å². The van der Waals surface area contributed by atoms with Gasteiger partial charge in [0.25, 0.3) is 5.92 Å². The lowest BCUT2D eigenvalue weighted by Crippen LogP contribution is -2.54. The summed E-state index contributed by atoms with van der Waals surface area (Å²) in [4.78, 5) is 1.52. The van der Waals surface area contributed by atoms with E-state index in [0.717, 1.165) is 6.26 Å². The Hall–Kier alpha value is -0.270. The maximum Gasteiger partial charge on any atom is 0.267 e. The van der Waals surface area contributed by atoms with Crippen molar-refractivity contribution in [1.29, 1.82) is 0 Å². The molecule has 1 N–H and O–H groups in total. The zero-order chi connectivity index (χ0) is 13.3. The molecule has 0 bridgehead atoms. The highest BCUT2D eigenvalue weighted by Crippen LogP contribution is 2.40. The van der Waals surface area contributed by atoms with Crippen LogP contribution in [0, 0.1) is 5.92 Å². The summed E-state index contributed by atoms with van der Waals surface area (Å²) in [5.74, 6) is -3.77. The van der Waals surface area contributed by atoms with Crippen molar-refractivity contribution >= 4 is 10.0 Å². The quantitative estimate of drug-likeness (QED) is 0.826. The molecule has 0 aromatic heterocycles. The van der Waals surface area contributed by atoms with Gasteiger partial charge >= 0.3 is 0 Å². The first-order valence-corrected chi connectivity index (χ1v) is 7.52. The van der Waals surface area contributed by atoms with Gasteiger partial charge in [0.15, 0.2) is 0 Å². The smallest absolute Gasteiger partial charge is 0.267 e. The number of nitrogens with zero attached hydrogens (tertiary/aromatic N) is 1. The third-order valence-electron chi connectivity index (χ3n) is 3.23. The molecule has 0 radical (unpaired) electrons. The number of halogens is 2. The number of sulfonamides is 1. The maximum absolute atomic E-state index is 14.1. The van der Waals surface area contributed by atoms with Crippen molar-refractivity contribution in [1.82, 2.24) is 9.62 Å². The molecule has 4 nitrogen and oxygen atoms in total. The summed E-state index contributed by atoms with van der Waals surface area (Å²) in [6.07, 6.45) is 2.50. The molecule has 0 aromatic rings. The van der Waals surface area contributed by atoms with Gasteiger partial charge in [-0.05, 0) is 26.9 Å². The van der Waals surface area contributed by atoms with Crippen LogP contribution in [0.3, 0.4) is 0 Å². The van der Waals surface area contributed by atoms with Crippen molar-refractivity contribution in [2.45, 2.75) is 31.2 Å². The van der Waals surface area contributed by atoms with Crippen LogP contribution in [0.5, 0.6) is 0 Å². The molecule has 0 heterocycles. The molecular weight excluding hydrogens is 250 g/mol. The molecule has 1 rings (SSSR count). The van der Waals surface area contributed by atoms with Crippen LogP contribution in [-0.4, -0.2) is 52.2 Å². The minimum Gasteiger partial charge on any atom is -0.301 e. The van der Waals surface area contributed by atoms with Crippen molar-refractivity contribution in [3.8, 4) is 0 Å². The van der Waals surface area contributed by atoms with Crippen LogP contribution in [0.15, 0.2) is 0 Å². The fourth-order valence-corrected chi connectivity index (χ4v) is 2.81. The zero-order valence-electron chi connectivity index (χ0n) is 10.4. The summed E-state index contributed by atoms with van der Waals surface area (Å²) in [6.45, 7) is -0.184. The summed E-state index contributed by atoms with van der Waals surface area (Å²) in [6, 6.07) is -0.803. The molecule has 2 atom stereocenters. The standard InChI is InChI=1S/C10H20F2N2O2S/c1-14(2)9-6-4-5-8(10(9,11)12)7-13-17(3,15)16/h8-9,13H,4-7H2,1-3H3. The lowest BCUT2D eigenvalue weighted by molar-refractivity contribution is -0.134. The molecule has 102 valence electrons. The normalized spacial score (nSPS) is 29.5.